The molecule has 1 aliphatic heterocycles. The lowest BCUT2D eigenvalue weighted by Crippen LogP contribution is -2.55. The SMILES string of the molecule is CCCCCCCCNC(NCCCC)[C@@H]1O[C@](O)(CO)[C@@H](O)[C@@H]1O. The Kier molecular flexibility index (Phi) is 11.1. The van der Waals surface area contributed by atoms with Gasteiger partial charge in [-0.2, -0.15) is 0 Å². The minimum atomic E-state index is -2.11. The van der Waals surface area contributed by atoms with Crippen molar-refractivity contribution in [2.75, 3.05) is 19.7 Å². The fourth-order valence-corrected chi connectivity index (χ4v) is 3.12. The van der Waals surface area contributed by atoms with Crippen LogP contribution in [0, 0.1) is 0 Å². The van der Waals surface area contributed by atoms with Gasteiger partial charge < -0.3 is 25.2 Å². The van der Waals surface area contributed by atoms with E-state index in [1.54, 1.807) is 0 Å². The first-order valence-corrected chi connectivity index (χ1v) is 9.84. The first kappa shape index (κ1) is 22.8. The molecular formula is C18H38N2O5. The number of rotatable bonds is 14. The smallest absolute Gasteiger partial charge is 0.219 e. The molecule has 0 aromatic rings. The standard InChI is InChI=1S/C18H38N2O5/c1-3-5-7-8-9-10-12-20-17(19-11-6-4-2)15-14(22)16(23)18(24,13-21)25-15/h14-17,19-24H,3-13H2,1-2H3/t14-,15-,16+,17?,18-/m1/s1. The first-order valence-electron chi connectivity index (χ1n) is 9.84. The molecule has 0 radical (unpaired) electrons. The second-order valence-corrected chi connectivity index (χ2v) is 7.03. The zero-order valence-electron chi connectivity index (χ0n) is 15.8. The van der Waals surface area contributed by atoms with Crippen LogP contribution >= 0.6 is 0 Å². The van der Waals surface area contributed by atoms with Crippen molar-refractivity contribution in [2.45, 2.75) is 95.5 Å². The third kappa shape index (κ3) is 7.09. The van der Waals surface area contributed by atoms with Crippen molar-refractivity contribution in [3.8, 4) is 0 Å². The maximum Gasteiger partial charge on any atom is 0.219 e. The molecule has 0 amide bonds. The van der Waals surface area contributed by atoms with Crippen LogP contribution < -0.4 is 10.6 Å². The first-order chi connectivity index (χ1) is 12.0. The zero-order chi connectivity index (χ0) is 18.7. The Hall–Kier alpha value is -0.280. The number of aliphatic hydroxyl groups is 4. The molecule has 0 spiro atoms. The van der Waals surface area contributed by atoms with Crippen molar-refractivity contribution in [3.63, 3.8) is 0 Å². The van der Waals surface area contributed by atoms with Crippen LogP contribution in [0.4, 0.5) is 0 Å². The summed E-state index contributed by atoms with van der Waals surface area (Å²) in [5, 5.41) is 46.1. The molecule has 7 heteroatoms. The maximum absolute atomic E-state index is 10.2. The molecule has 1 unspecified atom stereocenters. The maximum atomic E-state index is 10.2. The summed E-state index contributed by atoms with van der Waals surface area (Å²) >= 11 is 0. The number of ether oxygens (including phenoxy) is 1. The van der Waals surface area contributed by atoms with E-state index in [4.69, 9.17) is 4.74 Å². The molecule has 150 valence electrons. The lowest BCUT2D eigenvalue weighted by Gasteiger charge is -2.28. The van der Waals surface area contributed by atoms with Crippen LogP contribution in [0.5, 0.6) is 0 Å². The molecule has 6 N–H and O–H groups in total. The van der Waals surface area contributed by atoms with Crippen LogP contribution in [-0.2, 0) is 4.74 Å². The van der Waals surface area contributed by atoms with Gasteiger partial charge in [-0.3, -0.25) is 10.6 Å². The van der Waals surface area contributed by atoms with Gasteiger partial charge in [0, 0.05) is 0 Å². The minimum Gasteiger partial charge on any atom is -0.391 e. The molecular weight excluding hydrogens is 324 g/mol. The zero-order valence-corrected chi connectivity index (χ0v) is 15.8. The van der Waals surface area contributed by atoms with E-state index in [2.05, 4.69) is 24.5 Å². The van der Waals surface area contributed by atoms with E-state index in [-0.39, 0.29) is 0 Å². The van der Waals surface area contributed by atoms with E-state index in [9.17, 15) is 20.4 Å². The average molecular weight is 363 g/mol. The van der Waals surface area contributed by atoms with Gasteiger partial charge in [-0.1, -0.05) is 52.4 Å². The number of aliphatic hydroxyl groups excluding tert-OH is 3. The van der Waals surface area contributed by atoms with Crippen LogP contribution in [0.2, 0.25) is 0 Å². The van der Waals surface area contributed by atoms with Gasteiger partial charge >= 0.3 is 0 Å². The molecule has 0 aliphatic carbocycles. The Morgan fingerprint density at radius 3 is 2.04 bits per heavy atom. The summed E-state index contributed by atoms with van der Waals surface area (Å²) in [6.45, 7) is 5.03. The summed E-state index contributed by atoms with van der Waals surface area (Å²) in [7, 11) is 0. The second kappa shape index (κ2) is 12.2. The fourth-order valence-electron chi connectivity index (χ4n) is 3.12. The average Bonchev–Trinajstić information content (AvgIpc) is 2.84. The number of hydrogen-bond donors (Lipinski definition) is 6. The monoisotopic (exact) mass is 362 g/mol. The van der Waals surface area contributed by atoms with E-state index in [0.29, 0.717) is 0 Å². The Morgan fingerprint density at radius 1 is 0.920 bits per heavy atom. The van der Waals surface area contributed by atoms with Gasteiger partial charge in [-0.15, -0.1) is 0 Å². The van der Waals surface area contributed by atoms with E-state index in [0.717, 1.165) is 38.8 Å². The Morgan fingerprint density at radius 2 is 1.48 bits per heavy atom. The van der Waals surface area contributed by atoms with Crippen molar-refractivity contribution < 1.29 is 25.2 Å². The van der Waals surface area contributed by atoms with Crippen molar-refractivity contribution >= 4 is 0 Å². The largest absolute Gasteiger partial charge is 0.391 e. The molecule has 0 aromatic heterocycles. The van der Waals surface area contributed by atoms with E-state index in [1.165, 1.54) is 25.7 Å². The molecule has 0 aromatic carbocycles. The van der Waals surface area contributed by atoms with Crippen molar-refractivity contribution in [1.29, 1.82) is 0 Å². The summed E-state index contributed by atoms with van der Waals surface area (Å²) in [4.78, 5) is 0. The summed E-state index contributed by atoms with van der Waals surface area (Å²) in [6, 6.07) is 0. The number of unbranched alkanes of at least 4 members (excludes halogenated alkanes) is 6. The van der Waals surface area contributed by atoms with Gasteiger partial charge in [0.1, 0.15) is 18.3 Å². The molecule has 7 nitrogen and oxygen atoms in total. The second-order valence-electron chi connectivity index (χ2n) is 7.03. The summed E-state index contributed by atoms with van der Waals surface area (Å²) < 4.78 is 5.41. The van der Waals surface area contributed by atoms with E-state index >= 15 is 0 Å². The predicted octanol–water partition coefficient (Wildman–Crippen LogP) is 0.454. The normalized spacial score (nSPS) is 30.7. The van der Waals surface area contributed by atoms with Gasteiger partial charge in [0.05, 0.1) is 12.8 Å². The van der Waals surface area contributed by atoms with Crippen molar-refractivity contribution in [1.82, 2.24) is 10.6 Å². The highest BCUT2D eigenvalue weighted by atomic mass is 16.7. The Bertz CT molecular complexity index is 347. The predicted molar refractivity (Wildman–Crippen MR) is 97.0 cm³/mol. The fraction of sp³-hybridized carbons (Fsp3) is 1.00. The third-order valence-electron chi connectivity index (χ3n) is 4.81. The van der Waals surface area contributed by atoms with Crippen molar-refractivity contribution in [2.24, 2.45) is 0 Å². The molecule has 0 bridgehead atoms. The highest BCUT2D eigenvalue weighted by molar-refractivity contribution is 4.99. The molecule has 1 rings (SSSR count). The third-order valence-corrected chi connectivity index (χ3v) is 4.81. The van der Waals surface area contributed by atoms with Crippen LogP contribution in [0.1, 0.15) is 65.2 Å². The highest BCUT2D eigenvalue weighted by Gasteiger charge is 2.55. The van der Waals surface area contributed by atoms with Crippen LogP contribution in [0.3, 0.4) is 0 Å². The molecule has 0 saturated carbocycles. The van der Waals surface area contributed by atoms with Gasteiger partial charge in [-0.05, 0) is 25.9 Å². The summed E-state index contributed by atoms with van der Waals surface area (Å²) in [5.41, 5.74) is 0. The quantitative estimate of drug-likeness (QED) is 0.196. The minimum absolute atomic E-state index is 0.396. The highest BCUT2D eigenvalue weighted by Crippen LogP contribution is 2.30. The molecule has 5 atom stereocenters. The summed E-state index contributed by atoms with van der Waals surface area (Å²) in [6.07, 6.45) is 5.13. The molecule has 1 saturated heterocycles. The topological polar surface area (TPSA) is 114 Å². The lowest BCUT2D eigenvalue weighted by molar-refractivity contribution is -0.248. The molecule has 1 aliphatic rings. The number of nitrogens with one attached hydrogen (secondary N) is 2. The lowest BCUT2D eigenvalue weighted by atomic mass is 10.0. The van der Waals surface area contributed by atoms with E-state index < -0.39 is 36.9 Å². The Balaban J connectivity index is 2.49. The van der Waals surface area contributed by atoms with Crippen LogP contribution in [-0.4, -0.2) is 70.4 Å². The number of hydrogen-bond acceptors (Lipinski definition) is 7. The Labute approximate surface area is 151 Å². The van der Waals surface area contributed by atoms with Crippen LogP contribution in [0.15, 0.2) is 0 Å². The van der Waals surface area contributed by atoms with E-state index in [1.807, 2.05) is 0 Å². The van der Waals surface area contributed by atoms with Gasteiger partial charge in [0.15, 0.2) is 0 Å². The van der Waals surface area contributed by atoms with Gasteiger partial charge in [0.2, 0.25) is 5.79 Å². The van der Waals surface area contributed by atoms with Crippen LogP contribution in [0.25, 0.3) is 0 Å². The molecule has 1 fully saturated rings. The summed E-state index contributed by atoms with van der Waals surface area (Å²) in [5.74, 6) is -2.11. The molecule has 1 heterocycles. The molecule has 25 heavy (non-hydrogen) atoms. The van der Waals surface area contributed by atoms with Gasteiger partial charge in [0.25, 0.3) is 0 Å². The van der Waals surface area contributed by atoms with Crippen molar-refractivity contribution in [3.05, 3.63) is 0 Å². The van der Waals surface area contributed by atoms with Gasteiger partial charge in [-0.25, -0.2) is 0 Å².